The number of pyridine rings is 1. The molecule has 1 unspecified atom stereocenters. The van der Waals surface area contributed by atoms with Crippen LogP contribution in [0.5, 0.6) is 0 Å². The van der Waals surface area contributed by atoms with Gasteiger partial charge in [-0.3, -0.25) is 10.0 Å². The fourth-order valence-corrected chi connectivity index (χ4v) is 4.01. The maximum atomic E-state index is 12.4. The Kier molecular flexibility index (Phi) is 8.33. The number of aromatic nitrogens is 1. The first-order valence-corrected chi connectivity index (χ1v) is 12.1. The third-order valence-corrected chi connectivity index (χ3v) is 6.03. The van der Waals surface area contributed by atoms with E-state index in [9.17, 15) is 15.1 Å². The summed E-state index contributed by atoms with van der Waals surface area (Å²) in [7, 11) is 0. The minimum Gasteiger partial charge on any atom is -0.458 e. The van der Waals surface area contributed by atoms with Gasteiger partial charge < -0.3 is 14.8 Å². The fraction of sp³-hybridized carbons (Fsp3) is 0.161. The van der Waals surface area contributed by atoms with Crippen molar-refractivity contribution in [3.63, 3.8) is 0 Å². The number of aliphatic hydroxyl groups excluding tert-OH is 1. The SMILES string of the molecule is Cc1ccc(CNC(=O)Cc2ccc3oc(C(O)c4cc[n+](O)cc4)cc3c2)c(C)c1.c1ccccc1. The number of aryl methyl sites for hydroxylation is 2. The first-order valence-electron chi connectivity index (χ1n) is 12.1. The van der Waals surface area contributed by atoms with Crippen molar-refractivity contribution in [3.05, 3.63) is 137 Å². The molecule has 0 spiro atoms. The third kappa shape index (κ3) is 7.06. The van der Waals surface area contributed by atoms with Crippen LogP contribution in [0.1, 0.15) is 39.7 Å². The second kappa shape index (κ2) is 12.0. The van der Waals surface area contributed by atoms with E-state index in [1.807, 2.05) is 73.7 Å². The van der Waals surface area contributed by atoms with Crippen LogP contribution in [-0.4, -0.2) is 16.2 Å². The van der Waals surface area contributed by atoms with E-state index in [-0.39, 0.29) is 12.3 Å². The predicted molar refractivity (Wildman–Crippen MR) is 142 cm³/mol. The van der Waals surface area contributed by atoms with Gasteiger partial charge in [0, 0.05) is 34.4 Å². The highest BCUT2D eigenvalue weighted by molar-refractivity contribution is 5.83. The zero-order valence-corrected chi connectivity index (χ0v) is 21.0. The molecule has 1 amide bonds. The fourth-order valence-electron chi connectivity index (χ4n) is 4.01. The maximum absolute atomic E-state index is 12.4. The molecule has 5 rings (SSSR count). The van der Waals surface area contributed by atoms with Crippen molar-refractivity contribution >= 4 is 16.9 Å². The highest BCUT2D eigenvalue weighted by atomic mass is 16.5. The Bertz CT molecular complexity index is 1430. The molecule has 0 aliphatic rings. The summed E-state index contributed by atoms with van der Waals surface area (Å²) in [6.45, 7) is 4.60. The van der Waals surface area contributed by atoms with Gasteiger partial charge >= 0.3 is 0 Å². The summed E-state index contributed by atoms with van der Waals surface area (Å²) in [5.74, 6) is 0.354. The number of nitrogens with zero attached hydrogens (tertiary/aromatic N) is 1. The summed E-state index contributed by atoms with van der Waals surface area (Å²) in [6, 6.07) is 28.8. The standard InChI is InChI=1S/C25H24N2O4.C6H6/c1-16-3-5-20(17(2)11-16)15-26-24(28)13-18-4-6-22-21(12-18)14-23(31-22)25(29)19-7-9-27(30)10-8-19;1-2-4-6-5-3-1/h3-12,14,25,29H,13,15H2,1-2H3,(H-,26,28,30);1-6H/p+1. The number of carbonyl (C=O) groups excluding carboxylic acids is 1. The smallest absolute Gasteiger partial charge is 0.224 e. The number of furan rings is 1. The predicted octanol–water partition coefficient (Wildman–Crippen LogP) is 5.20. The van der Waals surface area contributed by atoms with Crippen LogP contribution in [-0.2, 0) is 17.8 Å². The first-order chi connectivity index (χ1) is 17.9. The van der Waals surface area contributed by atoms with Crippen LogP contribution in [0.2, 0.25) is 0 Å². The van der Waals surface area contributed by atoms with Gasteiger partial charge in [-0.15, -0.1) is 0 Å². The lowest BCUT2D eigenvalue weighted by Gasteiger charge is -2.09. The molecule has 1 atom stereocenters. The highest BCUT2D eigenvalue weighted by Crippen LogP contribution is 2.28. The quantitative estimate of drug-likeness (QED) is 0.223. The zero-order chi connectivity index (χ0) is 26.2. The molecule has 3 aromatic carbocycles. The van der Waals surface area contributed by atoms with Crippen molar-refractivity contribution < 1.29 is 24.3 Å². The van der Waals surface area contributed by atoms with E-state index in [0.717, 1.165) is 21.2 Å². The van der Waals surface area contributed by atoms with Crippen LogP contribution in [0, 0.1) is 13.8 Å². The summed E-state index contributed by atoms with van der Waals surface area (Å²) >= 11 is 0. The number of fused-ring (bicyclic) bond motifs is 1. The van der Waals surface area contributed by atoms with Gasteiger partial charge in [-0.1, -0.05) is 66.2 Å². The van der Waals surface area contributed by atoms with Crippen LogP contribution in [0.25, 0.3) is 11.0 Å². The van der Waals surface area contributed by atoms with E-state index in [4.69, 9.17) is 4.42 Å². The summed E-state index contributed by atoms with van der Waals surface area (Å²) in [6.07, 6.45) is 2.20. The summed E-state index contributed by atoms with van der Waals surface area (Å²) in [4.78, 5) is 12.4. The molecule has 2 aromatic heterocycles. The number of benzene rings is 3. The van der Waals surface area contributed by atoms with E-state index in [1.165, 1.54) is 23.5 Å². The van der Waals surface area contributed by atoms with E-state index < -0.39 is 6.10 Å². The number of rotatable bonds is 6. The van der Waals surface area contributed by atoms with Gasteiger partial charge in [-0.25, -0.2) is 0 Å². The minimum absolute atomic E-state index is 0.0512. The lowest BCUT2D eigenvalue weighted by Crippen LogP contribution is -2.28. The average Bonchev–Trinajstić information content (AvgIpc) is 3.33. The molecule has 2 heterocycles. The number of hydrogen-bond acceptors (Lipinski definition) is 4. The molecule has 0 saturated heterocycles. The number of nitrogens with one attached hydrogen (secondary N) is 1. The first kappa shape index (κ1) is 25.7. The number of carbonyl (C=O) groups is 1. The Morgan fingerprint density at radius 1 is 0.919 bits per heavy atom. The average molecular weight is 496 g/mol. The minimum atomic E-state index is -0.946. The van der Waals surface area contributed by atoms with E-state index in [0.29, 0.717) is 23.5 Å². The van der Waals surface area contributed by atoms with Gasteiger partial charge in [0.1, 0.15) is 17.4 Å². The van der Waals surface area contributed by atoms with Crippen LogP contribution in [0.15, 0.2) is 108 Å². The molecular formula is C31H31N2O4+. The van der Waals surface area contributed by atoms with Crippen molar-refractivity contribution in [2.45, 2.75) is 32.9 Å². The van der Waals surface area contributed by atoms with Gasteiger partial charge in [-0.2, -0.15) is 0 Å². The molecule has 0 saturated carbocycles. The molecule has 0 bridgehead atoms. The van der Waals surface area contributed by atoms with Crippen molar-refractivity contribution in [1.29, 1.82) is 0 Å². The van der Waals surface area contributed by atoms with Gasteiger partial charge in [0.2, 0.25) is 18.3 Å². The second-order valence-corrected chi connectivity index (χ2v) is 8.97. The lowest BCUT2D eigenvalue weighted by atomic mass is 10.1. The Morgan fingerprint density at radius 2 is 1.59 bits per heavy atom. The van der Waals surface area contributed by atoms with Crippen LogP contribution in [0.3, 0.4) is 0 Å². The molecule has 6 nitrogen and oxygen atoms in total. The largest absolute Gasteiger partial charge is 0.458 e. The van der Waals surface area contributed by atoms with Crippen molar-refractivity contribution in [3.8, 4) is 0 Å². The summed E-state index contributed by atoms with van der Waals surface area (Å²) in [5.41, 5.74) is 5.59. The Hall–Kier alpha value is -4.42. The maximum Gasteiger partial charge on any atom is 0.224 e. The molecule has 3 N–H and O–H groups in total. The molecule has 0 fully saturated rings. The molecule has 37 heavy (non-hydrogen) atoms. The van der Waals surface area contributed by atoms with Gasteiger partial charge in [-0.05, 0) is 48.7 Å². The summed E-state index contributed by atoms with van der Waals surface area (Å²) in [5, 5.41) is 23.7. The highest BCUT2D eigenvalue weighted by Gasteiger charge is 2.17. The van der Waals surface area contributed by atoms with Crippen LogP contribution >= 0.6 is 0 Å². The van der Waals surface area contributed by atoms with Crippen molar-refractivity contribution in [1.82, 2.24) is 5.32 Å². The molecule has 188 valence electrons. The van der Waals surface area contributed by atoms with Crippen molar-refractivity contribution in [2.75, 3.05) is 0 Å². The zero-order valence-electron chi connectivity index (χ0n) is 21.0. The van der Waals surface area contributed by atoms with Crippen molar-refractivity contribution in [2.24, 2.45) is 0 Å². The Labute approximate surface area is 216 Å². The molecule has 0 aliphatic heterocycles. The van der Waals surface area contributed by atoms with Gasteiger partial charge in [0.25, 0.3) is 0 Å². The normalized spacial score (nSPS) is 11.4. The molecule has 0 aliphatic carbocycles. The van der Waals surface area contributed by atoms with E-state index in [2.05, 4.69) is 18.3 Å². The number of amides is 1. The molecule has 6 heteroatoms. The molecule has 0 radical (unpaired) electrons. The van der Waals surface area contributed by atoms with Crippen LogP contribution < -0.4 is 10.0 Å². The monoisotopic (exact) mass is 495 g/mol. The molecule has 5 aromatic rings. The molecular weight excluding hydrogens is 464 g/mol. The number of hydrogen-bond donors (Lipinski definition) is 3. The van der Waals surface area contributed by atoms with Gasteiger partial charge in [0.05, 0.1) is 6.42 Å². The lowest BCUT2D eigenvalue weighted by molar-refractivity contribution is -0.904. The van der Waals surface area contributed by atoms with E-state index in [1.54, 1.807) is 18.2 Å². The second-order valence-electron chi connectivity index (χ2n) is 8.97. The third-order valence-electron chi connectivity index (χ3n) is 6.03. The summed E-state index contributed by atoms with van der Waals surface area (Å²) < 4.78 is 6.69. The van der Waals surface area contributed by atoms with Gasteiger partial charge in [0.15, 0.2) is 0 Å². The number of aliphatic hydroxyl groups is 1. The Balaban J connectivity index is 0.000000469. The Morgan fingerprint density at radius 3 is 2.24 bits per heavy atom. The van der Waals surface area contributed by atoms with E-state index >= 15 is 0 Å². The topological polar surface area (TPSA) is 86.6 Å². The van der Waals surface area contributed by atoms with Crippen LogP contribution in [0.4, 0.5) is 0 Å².